The maximum Gasteiger partial charge on any atom is 0.155 e. The smallest absolute Gasteiger partial charge is 0.155 e. The average molecular weight is 419 g/mol. The van der Waals surface area contributed by atoms with Gasteiger partial charge < -0.3 is 0 Å². The molecule has 1 saturated carbocycles. The Hall–Kier alpha value is -3.18. The molecule has 1 aliphatic carbocycles. The van der Waals surface area contributed by atoms with Crippen molar-refractivity contribution >= 4 is 17.3 Å². The fraction of sp³-hybridized carbons (Fsp3) is 0.273. The first kappa shape index (κ1) is 18.8. The molecule has 5 rings (SSSR count). The van der Waals surface area contributed by atoms with Crippen LogP contribution in [0.4, 0.5) is 4.39 Å². The second-order valence-corrected chi connectivity index (χ2v) is 8.80. The van der Waals surface area contributed by atoms with Crippen molar-refractivity contribution in [2.24, 2.45) is 5.92 Å². The van der Waals surface area contributed by atoms with Crippen molar-refractivity contribution in [1.29, 1.82) is 5.26 Å². The lowest BCUT2D eigenvalue weighted by Gasteiger charge is -2.33. The number of aromatic nitrogens is 5. The highest BCUT2D eigenvalue weighted by molar-refractivity contribution is 7.99. The highest BCUT2D eigenvalue weighted by Crippen LogP contribution is 2.40. The summed E-state index contributed by atoms with van der Waals surface area (Å²) in [5, 5.41) is 18.7. The summed E-state index contributed by atoms with van der Waals surface area (Å²) in [5.41, 5.74) is 4.11. The summed E-state index contributed by atoms with van der Waals surface area (Å²) in [6, 6.07) is 7.53. The molecule has 4 aromatic heterocycles. The van der Waals surface area contributed by atoms with Gasteiger partial charge in [0.15, 0.2) is 5.82 Å². The first-order valence-electron chi connectivity index (χ1n) is 9.79. The van der Waals surface area contributed by atoms with Gasteiger partial charge in [0.25, 0.3) is 0 Å². The number of nitriles is 1. The van der Waals surface area contributed by atoms with Crippen LogP contribution in [0.2, 0.25) is 0 Å². The monoisotopic (exact) mass is 418 g/mol. The lowest BCUT2D eigenvalue weighted by atomic mass is 9.82. The number of halogens is 1. The van der Waals surface area contributed by atoms with Crippen molar-refractivity contribution in [2.75, 3.05) is 0 Å². The van der Waals surface area contributed by atoms with Crippen molar-refractivity contribution in [3.05, 3.63) is 60.1 Å². The fourth-order valence-electron chi connectivity index (χ4n) is 4.08. The minimum Gasteiger partial charge on any atom is -0.266 e. The number of fused-ring (bicyclic) bond motifs is 1. The van der Waals surface area contributed by atoms with E-state index in [1.54, 1.807) is 16.8 Å². The molecule has 6 nitrogen and oxygen atoms in total. The molecular weight excluding hydrogens is 399 g/mol. The number of pyridine rings is 2. The van der Waals surface area contributed by atoms with E-state index in [9.17, 15) is 9.65 Å². The van der Waals surface area contributed by atoms with Crippen LogP contribution < -0.4 is 0 Å². The van der Waals surface area contributed by atoms with Crippen molar-refractivity contribution in [1.82, 2.24) is 24.4 Å². The fourth-order valence-corrected chi connectivity index (χ4v) is 5.05. The molecule has 0 amide bonds. The summed E-state index contributed by atoms with van der Waals surface area (Å²) in [6.07, 6.45) is 9.15. The molecule has 150 valence electrons. The molecule has 4 aromatic rings. The molecule has 1 fully saturated rings. The van der Waals surface area contributed by atoms with E-state index in [-0.39, 0.29) is 5.03 Å². The summed E-state index contributed by atoms with van der Waals surface area (Å²) >= 11 is 1.20. The zero-order valence-electron chi connectivity index (χ0n) is 16.6. The maximum absolute atomic E-state index is 14.3. The zero-order valence-corrected chi connectivity index (χ0v) is 17.4. The summed E-state index contributed by atoms with van der Waals surface area (Å²) in [5.74, 6) is 0.343. The molecule has 0 N–H and O–H groups in total. The Morgan fingerprint density at radius 2 is 2.10 bits per heavy atom. The third kappa shape index (κ3) is 3.06. The summed E-state index contributed by atoms with van der Waals surface area (Å²) < 4.78 is 18.0. The number of hydrogen-bond acceptors (Lipinski definition) is 5. The van der Waals surface area contributed by atoms with Crippen LogP contribution in [0.5, 0.6) is 0 Å². The van der Waals surface area contributed by atoms with Gasteiger partial charge in [-0.3, -0.25) is 4.68 Å². The Balaban J connectivity index is 1.62. The van der Waals surface area contributed by atoms with Crippen LogP contribution in [-0.4, -0.2) is 24.4 Å². The van der Waals surface area contributed by atoms with E-state index in [1.807, 2.05) is 18.5 Å². The lowest BCUT2D eigenvalue weighted by Crippen LogP contribution is -2.26. The molecule has 0 unspecified atom stereocenters. The van der Waals surface area contributed by atoms with Crippen LogP contribution in [0.1, 0.15) is 37.1 Å². The van der Waals surface area contributed by atoms with Gasteiger partial charge in [0.2, 0.25) is 0 Å². The van der Waals surface area contributed by atoms with Crippen LogP contribution in [-0.2, 0) is 0 Å². The largest absolute Gasteiger partial charge is 0.266 e. The van der Waals surface area contributed by atoms with Gasteiger partial charge in [-0.05, 0) is 43.9 Å². The number of nitrogens with zero attached hydrogens (tertiary/aromatic N) is 6. The Labute approximate surface area is 177 Å². The van der Waals surface area contributed by atoms with Crippen molar-refractivity contribution in [3.63, 3.8) is 0 Å². The first-order chi connectivity index (χ1) is 14.5. The zero-order chi connectivity index (χ0) is 20.8. The Bertz CT molecular complexity index is 1290. The van der Waals surface area contributed by atoms with Crippen LogP contribution in [0, 0.1) is 30.0 Å². The van der Waals surface area contributed by atoms with Gasteiger partial charge in [0.05, 0.1) is 29.5 Å². The van der Waals surface area contributed by atoms with Crippen LogP contribution in [0.25, 0.3) is 16.6 Å². The molecule has 0 radical (unpaired) electrons. The van der Waals surface area contributed by atoms with E-state index in [4.69, 9.17) is 0 Å². The predicted molar refractivity (Wildman–Crippen MR) is 112 cm³/mol. The second-order valence-electron chi connectivity index (χ2n) is 7.77. The van der Waals surface area contributed by atoms with Gasteiger partial charge >= 0.3 is 0 Å². The summed E-state index contributed by atoms with van der Waals surface area (Å²) in [4.78, 5) is 4.88. The molecule has 0 saturated heterocycles. The highest BCUT2D eigenvalue weighted by atomic mass is 32.2. The Kier molecular flexibility index (Phi) is 4.55. The summed E-state index contributed by atoms with van der Waals surface area (Å²) in [7, 11) is 0. The quantitative estimate of drug-likeness (QED) is 0.465. The maximum atomic E-state index is 14.3. The SMILES string of the molecule is Cc1c(-c2cc(Sc3ncccc3F)c3c(C#N)cnn3c2)cnn1C1CC(C)C1. The molecule has 0 aromatic carbocycles. The molecule has 30 heavy (non-hydrogen) atoms. The van der Waals surface area contributed by atoms with Gasteiger partial charge in [0.1, 0.15) is 11.1 Å². The topological polar surface area (TPSA) is 71.8 Å². The predicted octanol–water partition coefficient (Wildman–Crippen LogP) is 5.03. The van der Waals surface area contributed by atoms with Crippen molar-refractivity contribution in [3.8, 4) is 17.2 Å². The number of rotatable bonds is 4. The van der Waals surface area contributed by atoms with E-state index in [0.717, 1.165) is 40.5 Å². The van der Waals surface area contributed by atoms with E-state index in [0.29, 0.717) is 17.1 Å². The van der Waals surface area contributed by atoms with Gasteiger partial charge in [-0.25, -0.2) is 13.9 Å². The van der Waals surface area contributed by atoms with Gasteiger partial charge in [-0.2, -0.15) is 15.5 Å². The molecule has 0 aliphatic heterocycles. The molecule has 8 heteroatoms. The standard InChI is InChI=1S/C22H19FN6S/c1-13-6-17(7-13)29-14(2)18(11-27-29)15-8-20(30-22-19(23)4-3-5-25-22)21-16(9-24)10-26-28(21)12-15/h3-5,8,10-13,17H,6-7H2,1-2H3. The van der Waals surface area contributed by atoms with Crippen LogP contribution >= 0.6 is 11.8 Å². The normalized spacial score (nSPS) is 18.3. The molecule has 0 bridgehead atoms. The minimum absolute atomic E-state index is 0.262. The molecule has 0 spiro atoms. The van der Waals surface area contributed by atoms with Crippen LogP contribution in [0.15, 0.2) is 52.9 Å². The third-order valence-corrected chi connectivity index (χ3v) is 6.70. The third-order valence-electron chi connectivity index (χ3n) is 5.68. The lowest BCUT2D eigenvalue weighted by molar-refractivity contribution is 0.197. The van der Waals surface area contributed by atoms with Crippen molar-refractivity contribution < 1.29 is 4.39 Å². The van der Waals surface area contributed by atoms with Gasteiger partial charge in [-0.15, -0.1) is 0 Å². The molecule has 1 aliphatic rings. The van der Waals surface area contributed by atoms with Crippen molar-refractivity contribution in [2.45, 2.75) is 42.7 Å². The highest BCUT2D eigenvalue weighted by Gasteiger charge is 2.29. The van der Waals surface area contributed by atoms with Gasteiger partial charge in [-0.1, -0.05) is 18.7 Å². The van der Waals surface area contributed by atoms with E-state index < -0.39 is 5.82 Å². The summed E-state index contributed by atoms with van der Waals surface area (Å²) in [6.45, 7) is 4.33. The van der Waals surface area contributed by atoms with Gasteiger partial charge in [0, 0.05) is 34.1 Å². The van der Waals surface area contributed by atoms with E-state index in [2.05, 4.69) is 39.8 Å². The molecular formula is C22H19FN6S. The number of hydrogen-bond donors (Lipinski definition) is 0. The minimum atomic E-state index is -0.396. The second kappa shape index (κ2) is 7.26. The van der Waals surface area contributed by atoms with E-state index in [1.165, 1.54) is 24.0 Å². The van der Waals surface area contributed by atoms with Crippen LogP contribution in [0.3, 0.4) is 0 Å². The molecule has 4 heterocycles. The van der Waals surface area contributed by atoms with E-state index >= 15 is 0 Å². The average Bonchev–Trinajstić information content (AvgIpc) is 3.30. The Morgan fingerprint density at radius 3 is 2.83 bits per heavy atom. The molecule has 0 atom stereocenters. The first-order valence-corrected chi connectivity index (χ1v) is 10.6. The Morgan fingerprint density at radius 1 is 1.27 bits per heavy atom.